The molecule has 2 unspecified atom stereocenters. The van der Waals surface area contributed by atoms with Crippen LogP contribution in [-0.4, -0.2) is 11.7 Å². The Morgan fingerprint density at radius 3 is 2.84 bits per heavy atom. The molecule has 19 heavy (non-hydrogen) atoms. The summed E-state index contributed by atoms with van der Waals surface area (Å²) in [6, 6.07) is 10.1. The van der Waals surface area contributed by atoms with Crippen molar-refractivity contribution in [3.05, 3.63) is 59.0 Å². The van der Waals surface area contributed by atoms with Gasteiger partial charge in [0, 0.05) is 12.0 Å². The first-order valence-corrected chi connectivity index (χ1v) is 6.69. The van der Waals surface area contributed by atoms with E-state index in [1.807, 2.05) is 25.1 Å². The van der Waals surface area contributed by atoms with Crippen molar-refractivity contribution < 1.29 is 9.52 Å². The van der Waals surface area contributed by atoms with Gasteiger partial charge in [-0.25, -0.2) is 0 Å². The van der Waals surface area contributed by atoms with Crippen LogP contribution in [0.15, 0.2) is 41.0 Å². The average Bonchev–Trinajstić information content (AvgIpc) is 3.02. The minimum atomic E-state index is -0.684. The molecule has 0 saturated carbocycles. The van der Waals surface area contributed by atoms with E-state index in [-0.39, 0.29) is 0 Å². The molecule has 0 aliphatic heterocycles. The van der Waals surface area contributed by atoms with Gasteiger partial charge in [0.05, 0.1) is 6.26 Å². The molecule has 0 radical (unpaired) electrons. The Labute approximate surface area is 113 Å². The Hall–Kier alpha value is -1.58. The SMILES string of the molecule is Cc1ccoc1C(O)C1(CN)CCc2ccccc21. The van der Waals surface area contributed by atoms with Crippen LogP contribution in [0, 0.1) is 6.92 Å². The van der Waals surface area contributed by atoms with Gasteiger partial charge in [-0.3, -0.25) is 0 Å². The summed E-state index contributed by atoms with van der Waals surface area (Å²) in [6.45, 7) is 2.37. The molecule has 0 bridgehead atoms. The molecule has 0 spiro atoms. The molecule has 1 aromatic heterocycles. The minimum absolute atomic E-state index is 0.417. The number of benzene rings is 1. The zero-order valence-electron chi connectivity index (χ0n) is 11.1. The van der Waals surface area contributed by atoms with Gasteiger partial charge in [-0.05, 0) is 42.5 Å². The van der Waals surface area contributed by atoms with Crippen LogP contribution in [0.5, 0.6) is 0 Å². The fourth-order valence-corrected chi connectivity index (χ4v) is 3.24. The molecule has 100 valence electrons. The first kappa shape index (κ1) is 12.5. The van der Waals surface area contributed by atoms with Crippen molar-refractivity contribution in [2.24, 2.45) is 5.73 Å². The van der Waals surface area contributed by atoms with Crippen molar-refractivity contribution in [1.29, 1.82) is 0 Å². The highest BCUT2D eigenvalue weighted by Crippen LogP contribution is 2.47. The van der Waals surface area contributed by atoms with Crippen LogP contribution in [0.1, 0.15) is 35.0 Å². The first-order chi connectivity index (χ1) is 9.19. The summed E-state index contributed by atoms with van der Waals surface area (Å²) in [7, 11) is 0. The summed E-state index contributed by atoms with van der Waals surface area (Å²) in [5, 5.41) is 10.8. The number of rotatable bonds is 3. The van der Waals surface area contributed by atoms with Crippen molar-refractivity contribution in [3.8, 4) is 0 Å². The maximum atomic E-state index is 10.8. The molecule has 0 saturated heterocycles. The molecule has 3 nitrogen and oxygen atoms in total. The lowest BCUT2D eigenvalue weighted by molar-refractivity contribution is 0.0630. The second-order valence-electron chi connectivity index (χ2n) is 5.39. The highest BCUT2D eigenvalue weighted by molar-refractivity contribution is 5.42. The molecule has 1 aliphatic rings. The molecule has 3 heteroatoms. The van der Waals surface area contributed by atoms with E-state index >= 15 is 0 Å². The fourth-order valence-electron chi connectivity index (χ4n) is 3.24. The Morgan fingerprint density at radius 2 is 2.16 bits per heavy atom. The van der Waals surface area contributed by atoms with Crippen molar-refractivity contribution in [3.63, 3.8) is 0 Å². The van der Waals surface area contributed by atoms with Crippen molar-refractivity contribution in [1.82, 2.24) is 0 Å². The average molecular weight is 257 g/mol. The Bertz CT molecular complexity index is 590. The molecular formula is C16H19NO2. The molecule has 2 aromatic rings. The monoisotopic (exact) mass is 257 g/mol. The van der Waals surface area contributed by atoms with Gasteiger partial charge in [0.15, 0.2) is 0 Å². The van der Waals surface area contributed by atoms with Crippen LogP contribution in [0.4, 0.5) is 0 Å². The van der Waals surface area contributed by atoms with Crippen molar-refractivity contribution in [2.45, 2.75) is 31.3 Å². The normalized spacial score (nSPS) is 23.3. The van der Waals surface area contributed by atoms with E-state index in [4.69, 9.17) is 10.2 Å². The quantitative estimate of drug-likeness (QED) is 0.888. The molecule has 2 atom stereocenters. The maximum absolute atomic E-state index is 10.8. The molecule has 1 heterocycles. The van der Waals surface area contributed by atoms with Gasteiger partial charge in [0.2, 0.25) is 0 Å². The van der Waals surface area contributed by atoms with Gasteiger partial charge in [-0.1, -0.05) is 24.3 Å². The molecule has 1 aliphatic carbocycles. The van der Waals surface area contributed by atoms with Crippen LogP contribution in [0.3, 0.4) is 0 Å². The third-order valence-electron chi connectivity index (χ3n) is 4.43. The summed E-state index contributed by atoms with van der Waals surface area (Å²) in [5.74, 6) is 0.641. The van der Waals surface area contributed by atoms with Crippen LogP contribution >= 0.6 is 0 Å². The standard InChI is InChI=1S/C16H19NO2/c1-11-7-9-19-14(11)15(18)16(10-17)8-6-12-4-2-3-5-13(12)16/h2-5,7,9,15,18H,6,8,10,17H2,1H3. The minimum Gasteiger partial charge on any atom is -0.466 e. The van der Waals surface area contributed by atoms with E-state index in [0.29, 0.717) is 12.3 Å². The predicted molar refractivity (Wildman–Crippen MR) is 73.9 cm³/mol. The van der Waals surface area contributed by atoms with E-state index in [9.17, 15) is 5.11 Å². The molecule has 1 aromatic carbocycles. The summed E-state index contributed by atoms with van der Waals surface area (Å²) in [5.41, 5.74) is 9.05. The maximum Gasteiger partial charge on any atom is 0.136 e. The third-order valence-corrected chi connectivity index (χ3v) is 4.43. The van der Waals surface area contributed by atoms with E-state index in [1.165, 1.54) is 11.1 Å². The Morgan fingerprint density at radius 1 is 1.37 bits per heavy atom. The topological polar surface area (TPSA) is 59.4 Å². The van der Waals surface area contributed by atoms with Crippen molar-refractivity contribution >= 4 is 0 Å². The lowest BCUT2D eigenvalue weighted by Crippen LogP contribution is -2.39. The van der Waals surface area contributed by atoms with Gasteiger partial charge in [-0.15, -0.1) is 0 Å². The van der Waals surface area contributed by atoms with Crippen LogP contribution in [-0.2, 0) is 11.8 Å². The summed E-state index contributed by atoms with van der Waals surface area (Å²) >= 11 is 0. The fraction of sp³-hybridized carbons (Fsp3) is 0.375. The molecular weight excluding hydrogens is 238 g/mol. The number of hydrogen-bond donors (Lipinski definition) is 2. The lowest BCUT2D eigenvalue weighted by atomic mass is 9.75. The molecule has 0 fully saturated rings. The number of aliphatic hydroxyl groups excluding tert-OH is 1. The van der Waals surface area contributed by atoms with Gasteiger partial charge < -0.3 is 15.3 Å². The smallest absolute Gasteiger partial charge is 0.136 e. The summed E-state index contributed by atoms with van der Waals surface area (Å²) in [4.78, 5) is 0. The number of nitrogens with two attached hydrogens (primary N) is 1. The molecule has 3 rings (SSSR count). The number of furan rings is 1. The largest absolute Gasteiger partial charge is 0.466 e. The summed E-state index contributed by atoms with van der Waals surface area (Å²) in [6.07, 6.45) is 2.77. The van der Waals surface area contributed by atoms with E-state index in [0.717, 1.165) is 18.4 Å². The first-order valence-electron chi connectivity index (χ1n) is 6.69. The van der Waals surface area contributed by atoms with Crippen molar-refractivity contribution in [2.75, 3.05) is 6.54 Å². The zero-order chi connectivity index (χ0) is 13.5. The highest BCUT2D eigenvalue weighted by atomic mass is 16.4. The molecule has 0 amide bonds. The number of aliphatic hydroxyl groups is 1. The number of aryl methyl sites for hydroxylation is 2. The van der Waals surface area contributed by atoms with Gasteiger partial charge in [0.25, 0.3) is 0 Å². The third kappa shape index (κ3) is 1.73. The predicted octanol–water partition coefficient (Wildman–Crippen LogP) is 2.46. The van der Waals surface area contributed by atoms with Gasteiger partial charge >= 0.3 is 0 Å². The lowest BCUT2D eigenvalue weighted by Gasteiger charge is -2.33. The number of fused-ring (bicyclic) bond motifs is 1. The highest BCUT2D eigenvalue weighted by Gasteiger charge is 2.45. The zero-order valence-corrected chi connectivity index (χ0v) is 11.1. The van der Waals surface area contributed by atoms with Crippen LogP contribution in [0.25, 0.3) is 0 Å². The molecule has 3 N–H and O–H groups in total. The van der Waals surface area contributed by atoms with E-state index in [2.05, 4.69) is 12.1 Å². The van der Waals surface area contributed by atoms with E-state index in [1.54, 1.807) is 6.26 Å². The van der Waals surface area contributed by atoms with Crippen LogP contribution in [0.2, 0.25) is 0 Å². The van der Waals surface area contributed by atoms with Gasteiger partial charge in [0.1, 0.15) is 11.9 Å². The summed E-state index contributed by atoms with van der Waals surface area (Å²) < 4.78 is 5.47. The van der Waals surface area contributed by atoms with Crippen LogP contribution < -0.4 is 5.73 Å². The van der Waals surface area contributed by atoms with E-state index < -0.39 is 11.5 Å². The van der Waals surface area contributed by atoms with Gasteiger partial charge in [-0.2, -0.15) is 0 Å². The Kier molecular flexibility index (Phi) is 2.96. The number of hydrogen-bond acceptors (Lipinski definition) is 3. The second-order valence-corrected chi connectivity index (χ2v) is 5.39. The second kappa shape index (κ2) is 4.51. The Balaban J connectivity index is 2.09.